The second-order valence-corrected chi connectivity index (χ2v) is 11.3. The van der Waals surface area contributed by atoms with E-state index in [-0.39, 0.29) is 0 Å². The first-order valence-corrected chi connectivity index (χ1v) is 10.5. The summed E-state index contributed by atoms with van der Waals surface area (Å²) in [5.74, 6) is 2.26. The minimum Gasteiger partial charge on any atom is -0.329 e. The first kappa shape index (κ1) is 15.9. The Morgan fingerprint density at radius 3 is 1.95 bits per heavy atom. The highest BCUT2D eigenvalue weighted by molar-refractivity contribution is 8.09. The van der Waals surface area contributed by atoms with E-state index in [0.29, 0.717) is 11.3 Å². The minimum absolute atomic E-state index is 0.466. The summed E-state index contributed by atoms with van der Waals surface area (Å²) in [5.41, 5.74) is 0.466. The topological polar surface area (TPSA) is 18.5 Å². The van der Waals surface area contributed by atoms with Crippen molar-refractivity contribution >= 4 is 18.3 Å². The Morgan fingerprint density at radius 1 is 1.00 bits per heavy atom. The highest BCUT2D eigenvalue weighted by Crippen LogP contribution is 2.53. The summed E-state index contributed by atoms with van der Waals surface area (Å²) >= 11 is 5.44. The van der Waals surface area contributed by atoms with Gasteiger partial charge in [0.05, 0.1) is 13.2 Å². The summed E-state index contributed by atoms with van der Waals surface area (Å²) in [4.78, 5) is 0. The maximum absolute atomic E-state index is 5.88. The summed E-state index contributed by atoms with van der Waals surface area (Å²) in [7, 11) is 0. The molecule has 0 aromatic heterocycles. The normalized spacial score (nSPS) is 41.2. The molecule has 0 atom stereocenters. The van der Waals surface area contributed by atoms with Crippen LogP contribution in [0.25, 0.3) is 0 Å². The molecule has 112 valence electrons. The van der Waals surface area contributed by atoms with Crippen LogP contribution in [0.4, 0.5) is 0 Å². The van der Waals surface area contributed by atoms with Crippen molar-refractivity contribution in [3.05, 3.63) is 0 Å². The van der Waals surface area contributed by atoms with Crippen molar-refractivity contribution in [2.24, 2.45) is 23.2 Å². The Bertz CT molecular complexity index is 331. The van der Waals surface area contributed by atoms with E-state index >= 15 is 0 Å². The third-order valence-electron chi connectivity index (χ3n) is 5.02. The van der Waals surface area contributed by atoms with Gasteiger partial charge in [-0.1, -0.05) is 27.7 Å². The van der Waals surface area contributed by atoms with E-state index in [2.05, 4.69) is 27.7 Å². The molecule has 0 unspecified atom stereocenters. The first-order valence-electron chi connectivity index (χ1n) is 7.72. The van der Waals surface area contributed by atoms with Gasteiger partial charge in [-0.25, -0.2) is 0 Å². The zero-order valence-corrected chi connectivity index (χ0v) is 14.6. The largest absolute Gasteiger partial charge is 0.329 e. The average Bonchev–Trinajstić information content (AvgIpc) is 2.39. The molecule has 1 heterocycles. The summed E-state index contributed by atoms with van der Waals surface area (Å²) < 4.78 is 11.8. The van der Waals surface area contributed by atoms with Gasteiger partial charge >= 0.3 is 0 Å². The van der Waals surface area contributed by atoms with Crippen molar-refractivity contribution in [2.75, 3.05) is 19.4 Å². The Hall–Kier alpha value is 0.570. The van der Waals surface area contributed by atoms with Crippen molar-refractivity contribution in [3.8, 4) is 0 Å². The molecule has 2 aliphatic rings. The lowest BCUT2D eigenvalue weighted by atomic mass is 9.67. The van der Waals surface area contributed by atoms with Crippen LogP contribution >= 0.6 is 6.49 Å². The van der Waals surface area contributed by atoms with E-state index in [0.717, 1.165) is 31.2 Å². The van der Waals surface area contributed by atoms with Gasteiger partial charge in [-0.15, -0.1) is 0 Å². The fraction of sp³-hybridized carbons (Fsp3) is 1.00. The monoisotopic (exact) mass is 304 g/mol. The van der Waals surface area contributed by atoms with Crippen LogP contribution in [0.1, 0.15) is 53.4 Å². The van der Waals surface area contributed by atoms with E-state index < -0.39 is 6.49 Å². The Balaban J connectivity index is 1.82. The molecule has 2 fully saturated rings. The summed E-state index contributed by atoms with van der Waals surface area (Å²) in [5, 5.41) is 0. The Morgan fingerprint density at radius 2 is 1.53 bits per heavy atom. The van der Waals surface area contributed by atoms with E-state index in [1.807, 2.05) is 0 Å². The highest BCUT2D eigenvalue weighted by Gasteiger charge is 2.36. The van der Waals surface area contributed by atoms with Crippen molar-refractivity contribution in [3.63, 3.8) is 0 Å². The molecule has 2 rings (SSSR count). The molecule has 0 amide bonds. The number of hydrogen-bond donors (Lipinski definition) is 0. The lowest BCUT2D eigenvalue weighted by molar-refractivity contribution is 0.0464. The van der Waals surface area contributed by atoms with Gasteiger partial charge in [-0.3, -0.25) is 0 Å². The van der Waals surface area contributed by atoms with Crippen LogP contribution in [-0.4, -0.2) is 19.4 Å². The predicted octanol–water partition coefficient (Wildman–Crippen LogP) is 4.83. The van der Waals surface area contributed by atoms with Crippen LogP contribution < -0.4 is 0 Å². The number of rotatable bonds is 2. The molecule has 1 aliphatic carbocycles. The molecule has 0 radical (unpaired) electrons. The fourth-order valence-electron chi connectivity index (χ4n) is 3.42. The Labute approximate surface area is 123 Å². The minimum atomic E-state index is -1.89. The number of hydrogen-bond acceptors (Lipinski definition) is 3. The molecule has 2 nitrogen and oxygen atoms in total. The third kappa shape index (κ3) is 4.03. The second kappa shape index (κ2) is 6.13. The molecule has 0 aromatic carbocycles. The molecule has 0 spiro atoms. The molecule has 0 bridgehead atoms. The second-order valence-electron chi connectivity index (χ2n) is 7.26. The molecule has 19 heavy (non-hydrogen) atoms. The van der Waals surface area contributed by atoms with Crippen LogP contribution in [0.15, 0.2) is 0 Å². The average molecular weight is 304 g/mol. The zero-order valence-electron chi connectivity index (χ0n) is 12.9. The van der Waals surface area contributed by atoms with Crippen LogP contribution in [0, 0.1) is 23.2 Å². The molecular weight excluding hydrogens is 275 g/mol. The highest BCUT2D eigenvalue weighted by atomic mass is 32.5. The van der Waals surface area contributed by atoms with Gasteiger partial charge in [0, 0.05) is 12.1 Å². The molecular formula is C15H29O2PS. The fourth-order valence-corrected chi connectivity index (χ4v) is 5.06. The van der Waals surface area contributed by atoms with Crippen molar-refractivity contribution in [2.45, 2.75) is 53.4 Å². The van der Waals surface area contributed by atoms with Crippen LogP contribution in [0.2, 0.25) is 0 Å². The van der Waals surface area contributed by atoms with Crippen molar-refractivity contribution in [1.29, 1.82) is 0 Å². The maximum Gasteiger partial charge on any atom is 0.188 e. The van der Waals surface area contributed by atoms with E-state index in [9.17, 15) is 0 Å². The molecule has 1 saturated heterocycles. The van der Waals surface area contributed by atoms with E-state index in [4.69, 9.17) is 20.9 Å². The summed E-state index contributed by atoms with van der Waals surface area (Å²) in [6.45, 7) is 9.01. The van der Waals surface area contributed by atoms with Gasteiger partial charge in [-0.05, 0) is 54.7 Å². The standard InChI is InChI=1S/C15H29O2PS/c1-5-18(19)16-10-13(11-17-18)12-6-8-14(9-7-12)15(2,3)4/h12-14H,5-11H2,1-4H3. The molecule has 4 heteroatoms. The van der Waals surface area contributed by atoms with Gasteiger partial charge < -0.3 is 9.05 Å². The Kier molecular flexibility index (Phi) is 5.15. The van der Waals surface area contributed by atoms with Gasteiger partial charge in [0.1, 0.15) is 0 Å². The lowest BCUT2D eigenvalue weighted by Crippen LogP contribution is -2.33. The van der Waals surface area contributed by atoms with Gasteiger partial charge in [0.15, 0.2) is 6.49 Å². The third-order valence-corrected chi connectivity index (χ3v) is 8.29. The smallest absolute Gasteiger partial charge is 0.188 e. The van der Waals surface area contributed by atoms with Crippen molar-refractivity contribution < 1.29 is 9.05 Å². The van der Waals surface area contributed by atoms with Gasteiger partial charge in [-0.2, -0.15) is 0 Å². The van der Waals surface area contributed by atoms with Crippen LogP contribution in [0.5, 0.6) is 0 Å². The summed E-state index contributed by atoms with van der Waals surface area (Å²) in [6.07, 6.45) is 6.29. The van der Waals surface area contributed by atoms with E-state index in [1.54, 1.807) is 0 Å². The maximum atomic E-state index is 5.88. The molecule has 1 aliphatic heterocycles. The summed E-state index contributed by atoms with van der Waals surface area (Å²) in [6, 6.07) is 0. The lowest BCUT2D eigenvalue weighted by Gasteiger charge is -2.41. The van der Waals surface area contributed by atoms with Crippen LogP contribution in [-0.2, 0) is 20.9 Å². The zero-order chi connectivity index (χ0) is 14.1. The van der Waals surface area contributed by atoms with Gasteiger partial charge in [0.25, 0.3) is 0 Å². The molecule has 0 N–H and O–H groups in total. The van der Waals surface area contributed by atoms with Crippen LogP contribution in [0.3, 0.4) is 0 Å². The SMILES string of the molecule is CCP1(=S)OCC(C2CCC(C(C)(C)C)CC2)CO1. The van der Waals surface area contributed by atoms with Crippen molar-refractivity contribution in [1.82, 2.24) is 0 Å². The first-order chi connectivity index (χ1) is 8.84. The quantitative estimate of drug-likeness (QED) is 0.681. The molecule has 0 aromatic rings. The van der Waals surface area contributed by atoms with E-state index in [1.165, 1.54) is 25.7 Å². The predicted molar refractivity (Wildman–Crippen MR) is 85.1 cm³/mol. The molecule has 1 saturated carbocycles. The van der Waals surface area contributed by atoms with Gasteiger partial charge in [0.2, 0.25) is 0 Å².